The molecule has 3 rings (SSSR count). The van der Waals surface area contributed by atoms with Gasteiger partial charge >= 0.3 is 0 Å². The molecule has 2 aromatic carbocycles. The highest BCUT2D eigenvalue weighted by Gasteiger charge is 2.30. The van der Waals surface area contributed by atoms with Crippen molar-refractivity contribution in [2.45, 2.75) is 84.3 Å². The number of carbonyl (C=O) groups is 2. The Bertz CT molecular complexity index is 1180. The van der Waals surface area contributed by atoms with E-state index in [0.717, 1.165) is 42.4 Å². The van der Waals surface area contributed by atoms with E-state index in [1.807, 2.05) is 63.2 Å². The third kappa shape index (κ3) is 8.32. The molecule has 1 N–H and O–H groups in total. The lowest BCUT2D eigenvalue weighted by Crippen LogP contribution is -2.51. The van der Waals surface area contributed by atoms with Crippen LogP contribution in [0.2, 0.25) is 0 Å². The van der Waals surface area contributed by atoms with Crippen LogP contribution >= 0.6 is 0 Å². The minimum absolute atomic E-state index is 0.104. The zero-order valence-electron chi connectivity index (χ0n) is 22.6. The fraction of sp³-hybridized carbons (Fsp3) is 0.517. The number of aryl methyl sites for hydroxylation is 2. The molecule has 0 saturated heterocycles. The number of hydrogen-bond acceptors (Lipinski definition) is 4. The molecule has 37 heavy (non-hydrogen) atoms. The monoisotopic (exact) mass is 527 g/mol. The van der Waals surface area contributed by atoms with Crippen LogP contribution in [0.15, 0.2) is 48.5 Å². The number of hydrogen-bond donors (Lipinski definition) is 1. The van der Waals surface area contributed by atoms with Crippen LogP contribution in [0, 0.1) is 13.8 Å². The summed E-state index contributed by atoms with van der Waals surface area (Å²) in [5.41, 5.74) is 3.62. The minimum atomic E-state index is -3.51. The molecule has 0 radical (unpaired) electrons. The first-order chi connectivity index (χ1) is 17.6. The molecule has 0 heterocycles. The highest BCUT2D eigenvalue weighted by molar-refractivity contribution is 7.92. The van der Waals surface area contributed by atoms with Gasteiger partial charge < -0.3 is 10.2 Å². The van der Waals surface area contributed by atoms with Crippen LogP contribution in [0.5, 0.6) is 0 Å². The lowest BCUT2D eigenvalue weighted by atomic mass is 10.1. The Morgan fingerprint density at radius 2 is 1.68 bits per heavy atom. The van der Waals surface area contributed by atoms with Crippen molar-refractivity contribution >= 4 is 27.5 Å². The largest absolute Gasteiger partial charge is 0.352 e. The molecule has 1 aliphatic carbocycles. The molecule has 1 aliphatic rings. The molecule has 0 spiro atoms. The van der Waals surface area contributed by atoms with Gasteiger partial charge in [0.1, 0.15) is 6.04 Å². The van der Waals surface area contributed by atoms with E-state index in [9.17, 15) is 18.0 Å². The molecule has 2 amide bonds. The van der Waals surface area contributed by atoms with E-state index in [1.165, 1.54) is 10.6 Å². The van der Waals surface area contributed by atoms with Crippen molar-refractivity contribution in [2.24, 2.45) is 0 Å². The van der Waals surface area contributed by atoms with Gasteiger partial charge in [-0.3, -0.25) is 13.9 Å². The van der Waals surface area contributed by atoms with Crippen molar-refractivity contribution in [3.63, 3.8) is 0 Å². The van der Waals surface area contributed by atoms with Crippen LogP contribution in [0.1, 0.15) is 68.6 Å². The zero-order chi connectivity index (χ0) is 27.0. The van der Waals surface area contributed by atoms with E-state index in [1.54, 1.807) is 11.0 Å². The molecular weight excluding hydrogens is 486 g/mol. The minimum Gasteiger partial charge on any atom is -0.352 e. The van der Waals surface area contributed by atoms with Gasteiger partial charge in [-0.25, -0.2) is 8.42 Å². The number of sulfonamides is 1. The Hall–Kier alpha value is -2.87. The number of nitrogens with zero attached hydrogens (tertiary/aromatic N) is 2. The summed E-state index contributed by atoms with van der Waals surface area (Å²) in [6.45, 7) is 6.38. The first kappa shape index (κ1) is 28.7. The average Bonchev–Trinajstić information content (AvgIpc) is 3.33. The maximum absolute atomic E-state index is 13.6. The molecule has 1 saturated carbocycles. The lowest BCUT2D eigenvalue weighted by Gasteiger charge is -2.32. The second-order valence-electron chi connectivity index (χ2n) is 10.2. The van der Waals surface area contributed by atoms with Crippen molar-refractivity contribution in [2.75, 3.05) is 17.1 Å². The Morgan fingerprint density at radius 1 is 1.03 bits per heavy atom. The molecular formula is C29H41N3O4S. The Labute approximate surface area is 222 Å². The molecule has 7 nitrogen and oxygen atoms in total. The van der Waals surface area contributed by atoms with Crippen LogP contribution in [0.25, 0.3) is 0 Å². The fourth-order valence-corrected chi connectivity index (χ4v) is 6.04. The van der Waals surface area contributed by atoms with Crippen LogP contribution in [0.3, 0.4) is 0 Å². The third-order valence-electron chi connectivity index (χ3n) is 6.96. The van der Waals surface area contributed by atoms with Crippen molar-refractivity contribution < 1.29 is 18.0 Å². The highest BCUT2D eigenvalue weighted by atomic mass is 32.2. The summed E-state index contributed by atoms with van der Waals surface area (Å²) in [4.78, 5) is 28.5. The second kappa shape index (κ2) is 13.1. The molecule has 1 atom stereocenters. The number of rotatable bonds is 12. The Morgan fingerprint density at radius 3 is 2.27 bits per heavy atom. The lowest BCUT2D eigenvalue weighted by molar-refractivity contribution is -0.141. The molecule has 1 fully saturated rings. The maximum atomic E-state index is 13.6. The quantitative estimate of drug-likeness (QED) is 0.433. The molecule has 0 bridgehead atoms. The van der Waals surface area contributed by atoms with E-state index in [0.29, 0.717) is 25.1 Å². The van der Waals surface area contributed by atoms with Crippen LogP contribution in [-0.4, -0.2) is 50.0 Å². The van der Waals surface area contributed by atoms with E-state index in [-0.39, 0.29) is 30.8 Å². The maximum Gasteiger partial charge on any atom is 0.243 e. The summed E-state index contributed by atoms with van der Waals surface area (Å²) < 4.78 is 26.4. The predicted molar refractivity (Wildman–Crippen MR) is 149 cm³/mol. The summed E-state index contributed by atoms with van der Waals surface area (Å²) in [6.07, 6.45) is 6.39. The normalized spacial score (nSPS) is 14.8. The topological polar surface area (TPSA) is 86.8 Å². The first-order valence-corrected chi connectivity index (χ1v) is 15.1. The van der Waals surface area contributed by atoms with Gasteiger partial charge in [-0.05, 0) is 62.8 Å². The number of amides is 2. The van der Waals surface area contributed by atoms with Crippen molar-refractivity contribution in [3.8, 4) is 0 Å². The van der Waals surface area contributed by atoms with Gasteiger partial charge in [-0.15, -0.1) is 0 Å². The van der Waals surface area contributed by atoms with E-state index in [2.05, 4.69) is 5.32 Å². The number of anilines is 1. The van der Waals surface area contributed by atoms with Crippen molar-refractivity contribution in [1.82, 2.24) is 10.2 Å². The van der Waals surface area contributed by atoms with Gasteiger partial charge in [0.05, 0.1) is 11.9 Å². The summed E-state index contributed by atoms with van der Waals surface area (Å²) in [5, 5.41) is 3.16. The Balaban J connectivity index is 1.76. The molecule has 0 aliphatic heterocycles. The molecule has 8 heteroatoms. The predicted octanol–water partition coefficient (Wildman–Crippen LogP) is 4.72. The SMILES string of the molecule is CCC(C(=O)NC1CCCC1)N(Cc1cccc(C)c1)C(=O)CCCN(c1cccc(C)c1)S(C)(=O)=O. The Kier molecular flexibility index (Phi) is 10.1. The molecule has 2 aromatic rings. The highest BCUT2D eigenvalue weighted by Crippen LogP contribution is 2.22. The van der Waals surface area contributed by atoms with Crippen LogP contribution in [-0.2, 0) is 26.2 Å². The number of nitrogens with one attached hydrogen (secondary N) is 1. The van der Waals surface area contributed by atoms with E-state index >= 15 is 0 Å². The zero-order valence-corrected chi connectivity index (χ0v) is 23.4. The second-order valence-corrected chi connectivity index (χ2v) is 12.1. The van der Waals surface area contributed by atoms with Gasteiger partial charge in [-0.1, -0.05) is 61.7 Å². The smallest absolute Gasteiger partial charge is 0.243 e. The van der Waals surface area contributed by atoms with Gasteiger partial charge in [0.2, 0.25) is 21.8 Å². The van der Waals surface area contributed by atoms with Crippen LogP contribution in [0.4, 0.5) is 5.69 Å². The van der Waals surface area contributed by atoms with Crippen molar-refractivity contribution in [1.29, 1.82) is 0 Å². The van der Waals surface area contributed by atoms with E-state index < -0.39 is 16.1 Å². The molecule has 1 unspecified atom stereocenters. The number of carbonyl (C=O) groups excluding carboxylic acids is 2. The van der Waals surface area contributed by atoms with Crippen molar-refractivity contribution in [3.05, 3.63) is 65.2 Å². The van der Waals surface area contributed by atoms with Gasteiger partial charge in [0, 0.05) is 25.6 Å². The van der Waals surface area contributed by atoms with Gasteiger partial charge in [-0.2, -0.15) is 0 Å². The summed E-state index contributed by atoms with van der Waals surface area (Å²) in [5.74, 6) is -0.249. The molecule has 202 valence electrons. The standard InChI is InChI=1S/C29H41N3O4S/c1-5-27(29(34)30-25-14-6-7-15-25)31(21-24-13-8-11-22(2)19-24)28(33)17-10-18-32(37(4,35)36)26-16-9-12-23(3)20-26/h8-9,11-13,16,19-20,25,27H,5-7,10,14-15,17-18,21H2,1-4H3,(H,30,34). The van der Waals surface area contributed by atoms with Gasteiger partial charge in [0.15, 0.2) is 0 Å². The first-order valence-electron chi connectivity index (χ1n) is 13.3. The third-order valence-corrected chi connectivity index (χ3v) is 8.16. The van der Waals surface area contributed by atoms with Gasteiger partial charge in [0.25, 0.3) is 0 Å². The van der Waals surface area contributed by atoms with E-state index in [4.69, 9.17) is 0 Å². The molecule has 0 aromatic heterocycles. The number of benzene rings is 2. The van der Waals surface area contributed by atoms with Crippen LogP contribution < -0.4 is 9.62 Å². The summed E-state index contributed by atoms with van der Waals surface area (Å²) >= 11 is 0. The average molecular weight is 528 g/mol. The fourth-order valence-electron chi connectivity index (χ4n) is 5.08. The summed E-state index contributed by atoms with van der Waals surface area (Å²) in [7, 11) is -3.51. The summed E-state index contributed by atoms with van der Waals surface area (Å²) in [6, 6.07) is 14.9.